The Kier molecular flexibility index (Phi) is 3.48. The molecule has 0 fully saturated rings. The monoisotopic (exact) mass is 234 g/mol. The first-order valence-electron chi connectivity index (χ1n) is 3.85. The Morgan fingerprint density at radius 3 is 2.36 bits per heavy atom. The van der Waals surface area contributed by atoms with Gasteiger partial charge in [-0.3, -0.25) is 9.59 Å². The minimum absolute atomic E-state index is 0.679. The maximum atomic E-state index is 11.2. The van der Waals surface area contributed by atoms with Crippen molar-refractivity contribution in [2.24, 2.45) is 5.92 Å². The molecule has 0 aromatic heterocycles. The molecule has 76 valence electrons. The van der Waals surface area contributed by atoms with Gasteiger partial charge in [-0.15, -0.1) is 0 Å². The highest BCUT2D eigenvalue weighted by atomic mass is 35.5. The van der Waals surface area contributed by atoms with E-state index < -0.39 is 22.0 Å². The lowest BCUT2D eigenvalue weighted by molar-refractivity contribution is -0.136. The van der Waals surface area contributed by atoms with E-state index in [0.717, 1.165) is 0 Å². The second kappa shape index (κ2) is 4.26. The molecule has 0 amide bonds. The van der Waals surface area contributed by atoms with Crippen molar-refractivity contribution in [3.8, 4) is 0 Å². The van der Waals surface area contributed by atoms with E-state index in [0.29, 0.717) is 0 Å². The number of allylic oxidation sites excluding steroid dienone is 2. The smallest absolute Gasteiger partial charge is 0.258 e. The zero-order chi connectivity index (χ0) is 10.8. The topological polar surface area (TPSA) is 43.4 Å². The van der Waals surface area contributed by atoms with Gasteiger partial charge in [0.15, 0.2) is 5.60 Å². The van der Waals surface area contributed by atoms with Crippen LogP contribution < -0.4 is 0 Å². The fraction of sp³-hybridized carbons (Fsp3) is 0.333. The highest BCUT2D eigenvalue weighted by Crippen LogP contribution is 2.32. The van der Waals surface area contributed by atoms with Crippen LogP contribution in [0.2, 0.25) is 0 Å². The number of rotatable bonds is 3. The third kappa shape index (κ3) is 1.75. The van der Waals surface area contributed by atoms with Crippen LogP contribution in [0, 0.1) is 5.92 Å². The summed E-state index contributed by atoms with van der Waals surface area (Å²) in [6.45, 7) is 0. The van der Waals surface area contributed by atoms with Crippen LogP contribution >= 0.6 is 23.2 Å². The minimum atomic E-state index is -1.46. The molecule has 0 aromatic rings. The second-order valence-electron chi connectivity index (χ2n) is 2.80. The number of halogens is 2. The molecule has 0 aliphatic heterocycles. The van der Waals surface area contributed by atoms with E-state index in [1.807, 2.05) is 0 Å². The molecule has 0 saturated carbocycles. The third-order valence-electron chi connectivity index (χ3n) is 2.11. The fourth-order valence-electron chi connectivity index (χ4n) is 1.33. The van der Waals surface area contributed by atoms with Gasteiger partial charge >= 0.3 is 0 Å². The van der Waals surface area contributed by atoms with Crippen LogP contribution in [0.3, 0.4) is 0 Å². The van der Waals surface area contributed by atoms with Gasteiger partial charge in [0.25, 0.3) is 5.24 Å². The molecule has 1 aliphatic rings. The van der Waals surface area contributed by atoms with Crippen molar-refractivity contribution in [3.63, 3.8) is 0 Å². The van der Waals surface area contributed by atoms with Gasteiger partial charge in [0, 0.05) is 7.11 Å². The molecule has 1 rings (SSSR count). The minimum Gasteiger partial charge on any atom is -0.364 e. The van der Waals surface area contributed by atoms with Crippen molar-refractivity contribution < 1.29 is 14.3 Å². The van der Waals surface area contributed by atoms with E-state index in [4.69, 9.17) is 27.9 Å². The van der Waals surface area contributed by atoms with Gasteiger partial charge in [-0.2, -0.15) is 0 Å². The molecule has 0 saturated heterocycles. The summed E-state index contributed by atoms with van der Waals surface area (Å²) in [5.41, 5.74) is -1.46. The lowest BCUT2D eigenvalue weighted by Gasteiger charge is -2.31. The molecule has 0 N–H and O–H groups in total. The SMILES string of the molecule is COC1(C(=O)Cl)C=CC=CC1C(=O)Cl. The fourth-order valence-corrected chi connectivity index (χ4v) is 1.82. The molecule has 3 nitrogen and oxygen atoms in total. The van der Waals surface area contributed by atoms with Crippen molar-refractivity contribution in [1.82, 2.24) is 0 Å². The largest absolute Gasteiger partial charge is 0.364 e. The van der Waals surface area contributed by atoms with E-state index in [1.165, 1.54) is 19.3 Å². The lowest BCUT2D eigenvalue weighted by atomic mass is 9.85. The normalized spacial score (nSPS) is 30.4. The predicted molar refractivity (Wildman–Crippen MR) is 53.2 cm³/mol. The standard InChI is InChI=1S/C9H8Cl2O3/c1-14-9(8(11)13)5-3-2-4-6(9)7(10)12/h2-6H,1H3. The maximum Gasteiger partial charge on any atom is 0.258 e. The Morgan fingerprint density at radius 1 is 1.36 bits per heavy atom. The van der Waals surface area contributed by atoms with Gasteiger partial charge in [-0.25, -0.2) is 0 Å². The van der Waals surface area contributed by atoms with Gasteiger partial charge in [0.05, 0.1) is 5.92 Å². The Labute approximate surface area is 91.3 Å². The first-order chi connectivity index (χ1) is 6.54. The lowest BCUT2D eigenvalue weighted by Crippen LogP contribution is -2.46. The van der Waals surface area contributed by atoms with Crippen LogP contribution in [0.25, 0.3) is 0 Å². The Hall–Kier alpha value is -0.640. The molecule has 2 atom stereocenters. The zero-order valence-corrected chi connectivity index (χ0v) is 8.88. The Bertz CT molecular complexity index is 322. The summed E-state index contributed by atoms with van der Waals surface area (Å²) >= 11 is 10.7. The van der Waals surface area contributed by atoms with Crippen molar-refractivity contribution in [2.45, 2.75) is 5.60 Å². The van der Waals surface area contributed by atoms with E-state index in [9.17, 15) is 9.59 Å². The van der Waals surface area contributed by atoms with E-state index >= 15 is 0 Å². The first kappa shape index (κ1) is 11.4. The zero-order valence-electron chi connectivity index (χ0n) is 7.37. The number of carbonyl (C=O) groups excluding carboxylic acids is 2. The highest BCUT2D eigenvalue weighted by molar-refractivity contribution is 6.68. The van der Waals surface area contributed by atoms with Crippen LogP contribution in [-0.2, 0) is 14.3 Å². The number of hydrogen-bond donors (Lipinski definition) is 0. The molecule has 0 aromatic carbocycles. The average molecular weight is 235 g/mol. The molecule has 0 radical (unpaired) electrons. The summed E-state index contributed by atoms with van der Waals surface area (Å²) in [5, 5.41) is -1.44. The van der Waals surface area contributed by atoms with Crippen LogP contribution in [0.5, 0.6) is 0 Å². The van der Waals surface area contributed by atoms with E-state index in [1.54, 1.807) is 12.2 Å². The second-order valence-corrected chi connectivity index (χ2v) is 3.51. The van der Waals surface area contributed by atoms with Crippen molar-refractivity contribution in [2.75, 3.05) is 7.11 Å². The quantitative estimate of drug-likeness (QED) is 0.698. The van der Waals surface area contributed by atoms with E-state index in [-0.39, 0.29) is 0 Å². The van der Waals surface area contributed by atoms with Gasteiger partial charge in [-0.1, -0.05) is 18.2 Å². The van der Waals surface area contributed by atoms with Crippen LogP contribution in [0.15, 0.2) is 24.3 Å². The van der Waals surface area contributed by atoms with Crippen molar-refractivity contribution in [3.05, 3.63) is 24.3 Å². The number of hydrogen-bond acceptors (Lipinski definition) is 3. The van der Waals surface area contributed by atoms with Gasteiger partial charge in [0.2, 0.25) is 5.24 Å². The molecular formula is C9H8Cl2O3. The summed E-state index contributed by atoms with van der Waals surface area (Å²) in [6, 6.07) is 0. The molecule has 2 unspecified atom stereocenters. The van der Waals surface area contributed by atoms with Crippen molar-refractivity contribution >= 4 is 33.7 Å². The summed E-state index contributed by atoms with van der Waals surface area (Å²) in [6.07, 6.45) is 6.11. The molecule has 0 heterocycles. The molecule has 0 spiro atoms. The molecule has 5 heteroatoms. The van der Waals surface area contributed by atoms with Crippen molar-refractivity contribution in [1.29, 1.82) is 0 Å². The Morgan fingerprint density at radius 2 is 2.00 bits per heavy atom. The van der Waals surface area contributed by atoms with E-state index in [2.05, 4.69) is 0 Å². The van der Waals surface area contributed by atoms with Gasteiger partial charge in [-0.05, 0) is 29.3 Å². The Balaban J connectivity index is 3.15. The number of ether oxygens (including phenoxy) is 1. The molecule has 0 bridgehead atoms. The summed E-state index contributed by atoms with van der Waals surface area (Å²) in [7, 11) is 1.30. The van der Waals surface area contributed by atoms with Gasteiger partial charge in [0.1, 0.15) is 0 Å². The van der Waals surface area contributed by atoms with Crippen LogP contribution in [-0.4, -0.2) is 23.2 Å². The third-order valence-corrected chi connectivity index (χ3v) is 2.64. The molecule has 1 aliphatic carbocycles. The molecular weight excluding hydrogens is 227 g/mol. The summed E-state index contributed by atoms with van der Waals surface area (Å²) < 4.78 is 4.99. The molecule has 14 heavy (non-hydrogen) atoms. The average Bonchev–Trinajstić information content (AvgIpc) is 2.17. The summed E-state index contributed by atoms with van der Waals surface area (Å²) in [5.74, 6) is -0.871. The highest BCUT2D eigenvalue weighted by Gasteiger charge is 2.46. The number of methoxy groups -OCH3 is 1. The van der Waals surface area contributed by atoms with Gasteiger partial charge < -0.3 is 4.74 Å². The maximum absolute atomic E-state index is 11.2. The first-order valence-corrected chi connectivity index (χ1v) is 4.60. The van der Waals surface area contributed by atoms with Crippen LogP contribution in [0.1, 0.15) is 0 Å². The van der Waals surface area contributed by atoms with Crippen LogP contribution in [0.4, 0.5) is 0 Å². The summed E-state index contributed by atoms with van der Waals surface area (Å²) in [4.78, 5) is 22.3. The predicted octanol–water partition coefficient (Wildman–Crippen LogP) is 1.64. The number of carbonyl (C=O) groups is 2.